The third-order valence-electron chi connectivity index (χ3n) is 5.15. The van der Waals surface area contributed by atoms with Crippen molar-refractivity contribution in [3.05, 3.63) is 28.4 Å². The van der Waals surface area contributed by atoms with Crippen LogP contribution >= 0.6 is 11.6 Å². The van der Waals surface area contributed by atoms with Gasteiger partial charge in [0.15, 0.2) is 11.6 Å². The largest absolute Gasteiger partial charge is 0.388 e. The number of nitrogens with zero attached hydrogens (tertiary/aromatic N) is 1. The van der Waals surface area contributed by atoms with Crippen molar-refractivity contribution in [1.29, 1.82) is 0 Å². The van der Waals surface area contributed by atoms with Crippen molar-refractivity contribution in [3.8, 4) is 0 Å². The van der Waals surface area contributed by atoms with E-state index in [1.165, 1.54) is 6.20 Å². The fourth-order valence-corrected chi connectivity index (χ4v) is 3.83. The molecule has 3 nitrogen and oxygen atoms in total. The summed E-state index contributed by atoms with van der Waals surface area (Å²) in [6.07, 6.45) is 4.42. The van der Waals surface area contributed by atoms with Crippen LogP contribution in [0.3, 0.4) is 0 Å². The lowest BCUT2D eigenvalue weighted by Gasteiger charge is -2.37. The molecule has 1 aromatic heterocycles. The van der Waals surface area contributed by atoms with E-state index in [2.05, 4.69) is 10.2 Å². The molecule has 1 aliphatic carbocycles. The zero-order valence-corrected chi connectivity index (χ0v) is 13.3. The Bertz CT molecular complexity index is 708. The molecule has 1 fully saturated rings. The molecule has 1 unspecified atom stereocenters. The normalized spacial score (nSPS) is 18.3. The SMILES string of the molecule is CC(C)(C1CCCC1)C(O)c1c(F)c(Cl)c(F)c2cn[nH]c12. The summed E-state index contributed by atoms with van der Waals surface area (Å²) in [4.78, 5) is 0. The number of halogens is 3. The van der Waals surface area contributed by atoms with Gasteiger partial charge in [0, 0.05) is 5.56 Å². The number of aliphatic hydroxyl groups is 1. The first kappa shape index (κ1) is 15.7. The van der Waals surface area contributed by atoms with Gasteiger partial charge in [-0.1, -0.05) is 38.3 Å². The summed E-state index contributed by atoms with van der Waals surface area (Å²) >= 11 is 5.77. The fraction of sp³-hybridized carbons (Fsp3) is 0.562. The van der Waals surface area contributed by atoms with Gasteiger partial charge in [0.2, 0.25) is 0 Å². The number of hydrogen-bond acceptors (Lipinski definition) is 2. The highest BCUT2D eigenvalue weighted by Gasteiger charge is 2.41. The molecule has 0 aliphatic heterocycles. The minimum Gasteiger partial charge on any atom is -0.388 e. The van der Waals surface area contributed by atoms with Gasteiger partial charge in [0.1, 0.15) is 5.02 Å². The molecule has 3 rings (SSSR count). The molecule has 1 aliphatic rings. The Hall–Kier alpha value is -1.20. The van der Waals surface area contributed by atoms with Gasteiger partial charge in [-0.05, 0) is 24.2 Å². The molecule has 1 aromatic carbocycles. The lowest BCUT2D eigenvalue weighted by molar-refractivity contribution is 0.00481. The van der Waals surface area contributed by atoms with Gasteiger partial charge in [-0.2, -0.15) is 5.10 Å². The zero-order chi connectivity index (χ0) is 16.1. The second kappa shape index (κ2) is 5.46. The Morgan fingerprint density at radius 1 is 1.32 bits per heavy atom. The first-order valence-corrected chi connectivity index (χ1v) is 7.91. The molecule has 1 saturated carbocycles. The minimum atomic E-state index is -1.09. The van der Waals surface area contributed by atoms with Crippen LogP contribution < -0.4 is 0 Å². The fourth-order valence-electron chi connectivity index (χ4n) is 3.62. The van der Waals surface area contributed by atoms with E-state index in [0.29, 0.717) is 5.92 Å². The summed E-state index contributed by atoms with van der Waals surface area (Å²) in [6.45, 7) is 3.85. The maximum atomic E-state index is 14.6. The Balaban J connectivity index is 2.15. The number of aliphatic hydroxyl groups excluding tert-OH is 1. The van der Waals surface area contributed by atoms with E-state index in [0.717, 1.165) is 25.7 Å². The van der Waals surface area contributed by atoms with Crippen LogP contribution in [0.2, 0.25) is 5.02 Å². The molecular formula is C16H19ClF2N2O. The molecule has 1 heterocycles. The van der Waals surface area contributed by atoms with Crippen LogP contribution in [0, 0.1) is 23.0 Å². The van der Waals surface area contributed by atoms with Gasteiger partial charge in [0.05, 0.1) is 23.2 Å². The molecule has 0 radical (unpaired) electrons. The third kappa shape index (κ3) is 2.22. The van der Waals surface area contributed by atoms with Crippen LogP contribution in [-0.2, 0) is 0 Å². The van der Waals surface area contributed by atoms with E-state index in [9.17, 15) is 13.9 Å². The average molecular weight is 329 g/mol. The standard InChI is InChI=1S/C16H19ClF2N2O/c1-16(2,8-5-3-4-6-8)15(22)10-13(19)11(17)12(18)9-7-20-21-14(9)10/h7-8,15,22H,3-6H2,1-2H3,(H,20,21). The van der Waals surface area contributed by atoms with Crippen molar-refractivity contribution in [2.24, 2.45) is 11.3 Å². The number of benzene rings is 1. The monoisotopic (exact) mass is 328 g/mol. The van der Waals surface area contributed by atoms with E-state index in [-0.39, 0.29) is 16.5 Å². The number of aromatic nitrogens is 2. The maximum absolute atomic E-state index is 14.6. The zero-order valence-electron chi connectivity index (χ0n) is 12.6. The predicted molar refractivity (Wildman–Crippen MR) is 81.7 cm³/mol. The number of fused-ring (bicyclic) bond motifs is 1. The van der Waals surface area contributed by atoms with Crippen LogP contribution in [0.5, 0.6) is 0 Å². The smallest absolute Gasteiger partial charge is 0.155 e. The van der Waals surface area contributed by atoms with Gasteiger partial charge in [-0.3, -0.25) is 5.10 Å². The van der Waals surface area contributed by atoms with Gasteiger partial charge < -0.3 is 5.11 Å². The predicted octanol–water partition coefficient (Wildman–Crippen LogP) is 4.74. The molecule has 22 heavy (non-hydrogen) atoms. The summed E-state index contributed by atoms with van der Waals surface area (Å²) in [5, 5.41) is 16.7. The Kier molecular flexibility index (Phi) is 3.89. The molecule has 0 spiro atoms. The Morgan fingerprint density at radius 2 is 1.95 bits per heavy atom. The number of hydrogen-bond donors (Lipinski definition) is 2. The van der Waals surface area contributed by atoms with Crippen molar-refractivity contribution < 1.29 is 13.9 Å². The molecule has 1 atom stereocenters. The van der Waals surface area contributed by atoms with Gasteiger partial charge >= 0.3 is 0 Å². The molecule has 0 bridgehead atoms. The molecule has 0 amide bonds. The van der Waals surface area contributed by atoms with E-state index in [1.54, 1.807) is 0 Å². The summed E-state index contributed by atoms with van der Waals surface area (Å²) in [5.41, 5.74) is -0.343. The van der Waals surface area contributed by atoms with Gasteiger partial charge in [-0.15, -0.1) is 0 Å². The molecular weight excluding hydrogens is 310 g/mol. The molecule has 2 N–H and O–H groups in total. The number of H-pyrrole nitrogens is 1. The minimum absolute atomic E-state index is 0.0100. The van der Waals surface area contributed by atoms with Crippen molar-refractivity contribution in [2.75, 3.05) is 0 Å². The molecule has 0 saturated heterocycles. The topological polar surface area (TPSA) is 48.9 Å². The number of rotatable bonds is 3. The average Bonchev–Trinajstić information content (AvgIpc) is 3.16. The van der Waals surface area contributed by atoms with Crippen molar-refractivity contribution in [2.45, 2.75) is 45.6 Å². The first-order valence-electron chi connectivity index (χ1n) is 7.53. The lowest BCUT2D eigenvalue weighted by Crippen LogP contribution is -2.30. The highest BCUT2D eigenvalue weighted by atomic mass is 35.5. The van der Waals surface area contributed by atoms with Crippen LogP contribution in [0.4, 0.5) is 8.78 Å². The van der Waals surface area contributed by atoms with Crippen LogP contribution in [0.25, 0.3) is 10.9 Å². The lowest BCUT2D eigenvalue weighted by atomic mass is 9.71. The van der Waals surface area contributed by atoms with Crippen LogP contribution in [-0.4, -0.2) is 15.3 Å². The van der Waals surface area contributed by atoms with Gasteiger partial charge in [0.25, 0.3) is 0 Å². The van der Waals surface area contributed by atoms with Crippen LogP contribution in [0.15, 0.2) is 6.20 Å². The summed E-state index contributed by atoms with van der Waals surface area (Å²) < 4.78 is 28.6. The molecule has 120 valence electrons. The van der Waals surface area contributed by atoms with Crippen molar-refractivity contribution >= 4 is 22.5 Å². The van der Waals surface area contributed by atoms with Gasteiger partial charge in [-0.25, -0.2) is 8.78 Å². The second-order valence-corrected chi connectivity index (χ2v) is 7.10. The molecule has 2 aromatic rings. The Labute approximate surface area is 132 Å². The molecule has 6 heteroatoms. The Morgan fingerprint density at radius 3 is 2.59 bits per heavy atom. The highest BCUT2D eigenvalue weighted by Crippen LogP contribution is 2.49. The van der Waals surface area contributed by atoms with Crippen LogP contribution in [0.1, 0.15) is 51.2 Å². The van der Waals surface area contributed by atoms with Crippen molar-refractivity contribution in [3.63, 3.8) is 0 Å². The summed E-state index contributed by atoms with van der Waals surface area (Å²) in [7, 11) is 0. The maximum Gasteiger partial charge on any atom is 0.155 e. The second-order valence-electron chi connectivity index (χ2n) is 6.72. The first-order chi connectivity index (χ1) is 10.4. The quantitative estimate of drug-likeness (QED) is 0.799. The summed E-state index contributed by atoms with van der Waals surface area (Å²) in [5.74, 6) is -1.46. The number of aromatic amines is 1. The van der Waals surface area contributed by atoms with E-state index < -0.39 is 28.2 Å². The highest BCUT2D eigenvalue weighted by molar-refractivity contribution is 6.31. The third-order valence-corrected chi connectivity index (χ3v) is 5.48. The number of nitrogens with one attached hydrogen (secondary N) is 1. The van der Waals surface area contributed by atoms with E-state index >= 15 is 0 Å². The van der Waals surface area contributed by atoms with Crippen molar-refractivity contribution in [1.82, 2.24) is 10.2 Å². The van der Waals surface area contributed by atoms with E-state index in [4.69, 9.17) is 11.6 Å². The van der Waals surface area contributed by atoms with E-state index in [1.807, 2.05) is 13.8 Å². The summed E-state index contributed by atoms with van der Waals surface area (Å²) in [6, 6.07) is 0.